The van der Waals surface area contributed by atoms with E-state index in [0.29, 0.717) is 15.7 Å². The molecule has 3 aromatic rings. The molecule has 0 saturated carbocycles. The van der Waals surface area contributed by atoms with Gasteiger partial charge < -0.3 is 10.4 Å². The maximum Gasteiger partial charge on any atom is 0.260 e. The van der Waals surface area contributed by atoms with Crippen molar-refractivity contribution in [2.45, 2.75) is 0 Å². The van der Waals surface area contributed by atoms with E-state index in [1.165, 1.54) is 0 Å². The summed E-state index contributed by atoms with van der Waals surface area (Å²) in [5.74, 6) is -0.0228. The second-order valence-corrected chi connectivity index (χ2v) is 5.33. The molecule has 0 aliphatic heterocycles. The molecule has 21 heavy (non-hydrogen) atoms. The van der Waals surface area contributed by atoms with E-state index in [1.54, 1.807) is 36.5 Å². The number of halogens is 1. The van der Waals surface area contributed by atoms with Crippen LogP contribution in [0, 0.1) is 0 Å². The predicted octanol–water partition coefficient (Wildman–Crippen LogP) is 3.96. The van der Waals surface area contributed by atoms with E-state index >= 15 is 0 Å². The summed E-state index contributed by atoms with van der Waals surface area (Å²) in [5.41, 5.74) is 0.214. The van der Waals surface area contributed by atoms with Crippen LogP contribution in [-0.2, 0) is 0 Å². The van der Waals surface area contributed by atoms with Crippen LogP contribution in [0.2, 0.25) is 0 Å². The van der Waals surface area contributed by atoms with Gasteiger partial charge in [0.1, 0.15) is 11.6 Å². The largest absolute Gasteiger partial charge is 0.506 e. The highest BCUT2D eigenvalue weighted by Crippen LogP contribution is 2.29. The standard InChI is InChI=1S/C16H11BrN2O2/c17-13-6-3-9-18-15(13)19-16(21)12-8-7-10-4-1-2-5-11(10)14(12)20/h1-9,20H,(H,18,19,21). The first kappa shape index (κ1) is 13.6. The summed E-state index contributed by atoms with van der Waals surface area (Å²) in [6.07, 6.45) is 1.58. The van der Waals surface area contributed by atoms with Gasteiger partial charge in [-0.25, -0.2) is 4.98 Å². The topological polar surface area (TPSA) is 62.2 Å². The molecule has 0 bridgehead atoms. The van der Waals surface area contributed by atoms with Crippen LogP contribution in [0.25, 0.3) is 10.8 Å². The Kier molecular flexibility index (Phi) is 3.58. The molecule has 1 aromatic heterocycles. The predicted molar refractivity (Wildman–Crippen MR) is 85.5 cm³/mol. The van der Waals surface area contributed by atoms with Gasteiger partial charge >= 0.3 is 0 Å². The lowest BCUT2D eigenvalue weighted by Gasteiger charge is -2.09. The number of carbonyl (C=O) groups is 1. The zero-order valence-electron chi connectivity index (χ0n) is 10.9. The molecule has 0 aliphatic rings. The third kappa shape index (κ3) is 2.60. The van der Waals surface area contributed by atoms with Crippen LogP contribution >= 0.6 is 15.9 Å². The summed E-state index contributed by atoms with van der Waals surface area (Å²) in [6, 6.07) is 14.3. The van der Waals surface area contributed by atoms with Crippen LogP contribution in [0.15, 0.2) is 59.2 Å². The molecule has 0 spiro atoms. The van der Waals surface area contributed by atoms with E-state index in [1.807, 2.05) is 18.2 Å². The lowest BCUT2D eigenvalue weighted by Crippen LogP contribution is -2.13. The molecule has 1 heterocycles. The van der Waals surface area contributed by atoms with E-state index in [-0.39, 0.29) is 11.3 Å². The van der Waals surface area contributed by atoms with E-state index in [4.69, 9.17) is 0 Å². The Bertz CT molecular complexity index is 833. The number of nitrogens with one attached hydrogen (secondary N) is 1. The van der Waals surface area contributed by atoms with Crippen LogP contribution in [-0.4, -0.2) is 16.0 Å². The second-order valence-electron chi connectivity index (χ2n) is 4.47. The van der Waals surface area contributed by atoms with Gasteiger partial charge in [0.25, 0.3) is 5.91 Å². The Morgan fingerprint density at radius 2 is 1.90 bits per heavy atom. The minimum Gasteiger partial charge on any atom is -0.506 e. The van der Waals surface area contributed by atoms with Gasteiger partial charge in [0.05, 0.1) is 10.0 Å². The lowest BCUT2D eigenvalue weighted by atomic mass is 10.0. The van der Waals surface area contributed by atoms with E-state index < -0.39 is 5.91 Å². The molecule has 0 aliphatic carbocycles. The highest BCUT2D eigenvalue weighted by molar-refractivity contribution is 9.10. The Labute approximate surface area is 129 Å². The average molecular weight is 343 g/mol. The number of phenolic OH excluding ortho intramolecular Hbond substituents is 1. The molecule has 0 atom stereocenters. The first-order chi connectivity index (χ1) is 10.2. The number of hydrogen-bond acceptors (Lipinski definition) is 3. The minimum absolute atomic E-state index is 0.0300. The molecule has 0 saturated heterocycles. The van der Waals surface area contributed by atoms with Gasteiger partial charge in [0, 0.05) is 11.6 Å². The number of aromatic hydroxyl groups is 1. The Morgan fingerprint density at radius 3 is 2.71 bits per heavy atom. The zero-order valence-corrected chi connectivity index (χ0v) is 12.5. The van der Waals surface area contributed by atoms with E-state index in [9.17, 15) is 9.90 Å². The SMILES string of the molecule is O=C(Nc1ncccc1Br)c1ccc2ccccc2c1O. The monoisotopic (exact) mass is 342 g/mol. The first-order valence-electron chi connectivity index (χ1n) is 6.29. The summed E-state index contributed by atoms with van der Waals surface area (Å²) in [6.45, 7) is 0. The van der Waals surface area contributed by atoms with Crippen molar-refractivity contribution < 1.29 is 9.90 Å². The lowest BCUT2D eigenvalue weighted by molar-refractivity contribution is 0.102. The maximum absolute atomic E-state index is 12.3. The number of nitrogens with zero attached hydrogens (tertiary/aromatic N) is 1. The highest BCUT2D eigenvalue weighted by Gasteiger charge is 2.15. The molecular weight excluding hydrogens is 332 g/mol. The van der Waals surface area contributed by atoms with Crippen molar-refractivity contribution in [3.05, 3.63) is 64.8 Å². The number of phenols is 1. The number of hydrogen-bond donors (Lipinski definition) is 2. The van der Waals surface area contributed by atoms with Gasteiger partial charge in [-0.15, -0.1) is 0 Å². The third-order valence-electron chi connectivity index (χ3n) is 3.14. The van der Waals surface area contributed by atoms with Crippen LogP contribution < -0.4 is 5.32 Å². The van der Waals surface area contributed by atoms with Crippen LogP contribution in [0.1, 0.15) is 10.4 Å². The molecule has 0 radical (unpaired) electrons. The molecule has 1 amide bonds. The molecule has 2 aromatic carbocycles. The Morgan fingerprint density at radius 1 is 1.10 bits per heavy atom. The summed E-state index contributed by atoms with van der Waals surface area (Å²) in [5, 5.41) is 14.5. The maximum atomic E-state index is 12.3. The van der Waals surface area contributed by atoms with Gasteiger partial charge in [0.15, 0.2) is 0 Å². The fourth-order valence-corrected chi connectivity index (χ4v) is 2.45. The number of benzene rings is 2. The van der Waals surface area contributed by atoms with Crippen molar-refractivity contribution in [3.8, 4) is 5.75 Å². The number of pyridine rings is 1. The summed E-state index contributed by atoms with van der Waals surface area (Å²) < 4.78 is 0.679. The molecule has 3 rings (SSSR count). The molecule has 104 valence electrons. The molecule has 0 fully saturated rings. The van der Waals surface area contributed by atoms with Crippen LogP contribution in [0.5, 0.6) is 5.75 Å². The van der Waals surface area contributed by atoms with Gasteiger partial charge in [-0.2, -0.15) is 0 Å². The van der Waals surface area contributed by atoms with Crippen molar-refractivity contribution in [3.63, 3.8) is 0 Å². The highest BCUT2D eigenvalue weighted by atomic mass is 79.9. The normalized spacial score (nSPS) is 10.5. The number of fused-ring (bicyclic) bond motifs is 1. The Hall–Kier alpha value is -2.40. The first-order valence-corrected chi connectivity index (χ1v) is 7.08. The quantitative estimate of drug-likeness (QED) is 0.741. The van der Waals surface area contributed by atoms with Crippen molar-refractivity contribution >= 4 is 38.4 Å². The van der Waals surface area contributed by atoms with E-state index in [2.05, 4.69) is 26.2 Å². The molecular formula is C16H11BrN2O2. The van der Waals surface area contributed by atoms with Gasteiger partial charge in [0.2, 0.25) is 0 Å². The van der Waals surface area contributed by atoms with Crippen molar-refractivity contribution in [2.24, 2.45) is 0 Å². The number of anilines is 1. The fraction of sp³-hybridized carbons (Fsp3) is 0. The van der Waals surface area contributed by atoms with Crippen molar-refractivity contribution in [2.75, 3.05) is 5.32 Å². The zero-order chi connectivity index (χ0) is 14.8. The average Bonchev–Trinajstić information content (AvgIpc) is 2.50. The summed E-state index contributed by atoms with van der Waals surface area (Å²) in [7, 11) is 0. The third-order valence-corrected chi connectivity index (χ3v) is 3.78. The Balaban J connectivity index is 1.99. The second kappa shape index (κ2) is 5.54. The number of carbonyl (C=O) groups excluding carboxylic acids is 1. The number of rotatable bonds is 2. The minimum atomic E-state index is -0.405. The van der Waals surface area contributed by atoms with Crippen molar-refractivity contribution in [1.29, 1.82) is 0 Å². The summed E-state index contributed by atoms with van der Waals surface area (Å²) >= 11 is 3.32. The molecule has 2 N–H and O–H groups in total. The summed E-state index contributed by atoms with van der Waals surface area (Å²) in [4.78, 5) is 16.4. The van der Waals surface area contributed by atoms with Gasteiger partial charge in [-0.1, -0.05) is 30.3 Å². The fourth-order valence-electron chi connectivity index (χ4n) is 2.09. The number of amides is 1. The van der Waals surface area contributed by atoms with Gasteiger partial charge in [-0.05, 0) is 39.5 Å². The molecule has 0 unspecified atom stereocenters. The molecule has 5 heteroatoms. The number of aromatic nitrogens is 1. The van der Waals surface area contributed by atoms with E-state index in [0.717, 1.165) is 5.39 Å². The van der Waals surface area contributed by atoms with Gasteiger partial charge in [-0.3, -0.25) is 4.79 Å². The smallest absolute Gasteiger partial charge is 0.260 e. The van der Waals surface area contributed by atoms with Crippen LogP contribution in [0.3, 0.4) is 0 Å². The van der Waals surface area contributed by atoms with Crippen LogP contribution in [0.4, 0.5) is 5.82 Å². The molecule has 4 nitrogen and oxygen atoms in total. The van der Waals surface area contributed by atoms with Crippen molar-refractivity contribution in [1.82, 2.24) is 4.98 Å².